The summed E-state index contributed by atoms with van der Waals surface area (Å²) in [5.74, 6) is 0.666. The van der Waals surface area contributed by atoms with E-state index in [1.807, 2.05) is 48.5 Å². The molecule has 0 atom stereocenters. The summed E-state index contributed by atoms with van der Waals surface area (Å²) in [4.78, 5) is 12.4. The van der Waals surface area contributed by atoms with Crippen LogP contribution in [0.2, 0.25) is 5.02 Å². The van der Waals surface area contributed by atoms with Gasteiger partial charge >= 0.3 is 0 Å². The number of allylic oxidation sites excluding steroid dienone is 1. The summed E-state index contributed by atoms with van der Waals surface area (Å²) in [5.41, 5.74) is 2.89. The van der Waals surface area contributed by atoms with Gasteiger partial charge in [-0.2, -0.15) is 0 Å². The Morgan fingerprint density at radius 1 is 1.04 bits per heavy atom. The van der Waals surface area contributed by atoms with Crippen LogP contribution >= 0.6 is 11.6 Å². The summed E-state index contributed by atoms with van der Waals surface area (Å²) < 4.78 is 5.69. The molecule has 2 aromatic rings. The number of hydrogen-bond donors (Lipinski definition) is 1. The van der Waals surface area contributed by atoms with Gasteiger partial charge in [-0.3, -0.25) is 4.79 Å². The monoisotopic (exact) mass is 341 g/mol. The third-order valence-corrected chi connectivity index (χ3v) is 4.33. The number of amides is 1. The second-order valence-corrected chi connectivity index (χ2v) is 6.16. The van der Waals surface area contributed by atoms with Gasteiger partial charge in [-0.05, 0) is 48.6 Å². The molecule has 0 aliphatic carbocycles. The Kier molecular flexibility index (Phi) is 5.55. The van der Waals surface area contributed by atoms with Crippen molar-refractivity contribution >= 4 is 17.5 Å². The van der Waals surface area contributed by atoms with Gasteiger partial charge in [-0.1, -0.05) is 48.0 Å². The lowest BCUT2D eigenvalue weighted by molar-refractivity contribution is 0.0953. The number of carbonyl (C=O) groups is 1. The third kappa shape index (κ3) is 4.18. The van der Waals surface area contributed by atoms with Crippen LogP contribution < -0.4 is 10.1 Å². The minimum atomic E-state index is -0.0206. The van der Waals surface area contributed by atoms with Crippen molar-refractivity contribution in [2.45, 2.75) is 19.3 Å². The first-order chi connectivity index (χ1) is 11.7. The molecule has 2 aliphatic rings. The van der Waals surface area contributed by atoms with Crippen LogP contribution in [-0.4, -0.2) is 19.1 Å². The van der Waals surface area contributed by atoms with Crippen LogP contribution in [0.4, 0.5) is 0 Å². The maximum atomic E-state index is 12.4. The highest BCUT2D eigenvalue weighted by molar-refractivity contribution is 6.32. The van der Waals surface area contributed by atoms with Gasteiger partial charge < -0.3 is 10.1 Å². The molecule has 2 aromatic carbocycles. The number of fused-ring (bicyclic) bond motifs is 9. The van der Waals surface area contributed by atoms with Crippen LogP contribution in [0.1, 0.15) is 27.9 Å². The molecule has 0 radical (unpaired) electrons. The minimum absolute atomic E-state index is 0.0206. The van der Waals surface area contributed by atoms with Gasteiger partial charge in [-0.15, -0.1) is 0 Å². The van der Waals surface area contributed by atoms with Crippen molar-refractivity contribution in [1.29, 1.82) is 0 Å². The highest BCUT2D eigenvalue weighted by Gasteiger charge is 2.10. The topological polar surface area (TPSA) is 38.3 Å². The Labute approximate surface area is 147 Å². The van der Waals surface area contributed by atoms with Crippen molar-refractivity contribution in [1.82, 2.24) is 5.32 Å². The smallest absolute Gasteiger partial charge is 0.251 e. The first-order valence-corrected chi connectivity index (χ1v) is 8.54. The average Bonchev–Trinajstić information content (AvgIpc) is 2.59. The van der Waals surface area contributed by atoms with Crippen molar-refractivity contribution in [3.05, 3.63) is 76.3 Å². The minimum Gasteiger partial charge on any atom is -0.488 e. The predicted octanol–water partition coefficient (Wildman–Crippen LogP) is 4.19. The average molecular weight is 342 g/mol. The SMILES string of the molecule is O=C1NCCc2ccc(c(Cl)c2)OC/C=C/CCc2ccccc21. The molecule has 2 bridgehead atoms. The zero-order valence-electron chi connectivity index (χ0n) is 13.4. The number of aryl methyl sites for hydroxylation is 1. The number of nitrogens with one attached hydrogen (secondary N) is 1. The molecule has 0 aromatic heterocycles. The maximum absolute atomic E-state index is 12.4. The maximum Gasteiger partial charge on any atom is 0.251 e. The summed E-state index contributed by atoms with van der Waals surface area (Å²) in [7, 11) is 0. The summed E-state index contributed by atoms with van der Waals surface area (Å²) in [5, 5.41) is 3.60. The van der Waals surface area contributed by atoms with Gasteiger partial charge in [0.25, 0.3) is 5.91 Å². The Bertz CT molecular complexity index is 755. The van der Waals surface area contributed by atoms with Crippen molar-refractivity contribution in [3.8, 4) is 5.75 Å². The van der Waals surface area contributed by atoms with Gasteiger partial charge in [0.05, 0.1) is 5.02 Å². The van der Waals surface area contributed by atoms with E-state index in [-0.39, 0.29) is 5.91 Å². The van der Waals surface area contributed by atoms with E-state index in [0.29, 0.717) is 23.9 Å². The second-order valence-electron chi connectivity index (χ2n) is 5.75. The van der Waals surface area contributed by atoms with Crippen LogP contribution in [0.15, 0.2) is 54.6 Å². The Balaban J connectivity index is 1.81. The van der Waals surface area contributed by atoms with E-state index >= 15 is 0 Å². The molecule has 0 saturated carbocycles. The fourth-order valence-electron chi connectivity index (χ4n) is 2.75. The van der Waals surface area contributed by atoms with Crippen molar-refractivity contribution < 1.29 is 9.53 Å². The second kappa shape index (κ2) is 8.02. The highest BCUT2D eigenvalue weighted by Crippen LogP contribution is 2.25. The molecule has 24 heavy (non-hydrogen) atoms. The lowest BCUT2D eigenvalue weighted by atomic mass is 10.0. The molecule has 1 amide bonds. The molecule has 1 N–H and O–H groups in total. The van der Waals surface area contributed by atoms with E-state index in [9.17, 15) is 4.79 Å². The van der Waals surface area contributed by atoms with Gasteiger partial charge in [0.15, 0.2) is 0 Å². The molecule has 3 nitrogen and oxygen atoms in total. The van der Waals surface area contributed by atoms with Gasteiger partial charge in [0.2, 0.25) is 0 Å². The Hall–Kier alpha value is -2.26. The van der Waals surface area contributed by atoms with Gasteiger partial charge in [0.1, 0.15) is 12.4 Å². The normalized spacial score (nSPS) is 16.8. The van der Waals surface area contributed by atoms with Crippen molar-refractivity contribution in [3.63, 3.8) is 0 Å². The molecule has 0 fully saturated rings. The van der Waals surface area contributed by atoms with Crippen LogP contribution in [0.25, 0.3) is 0 Å². The molecule has 0 spiro atoms. The highest BCUT2D eigenvalue weighted by atomic mass is 35.5. The molecule has 4 rings (SSSR count). The Morgan fingerprint density at radius 2 is 1.92 bits per heavy atom. The lowest BCUT2D eigenvalue weighted by Gasteiger charge is -2.11. The predicted molar refractivity (Wildman–Crippen MR) is 96.9 cm³/mol. The summed E-state index contributed by atoms with van der Waals surface area (Å²) in [6.45, 7) is 1.06. The number of halogens is 1. The summed E-state index contributed by atoms with van der Waals surface area (Å²) >= 11 is 6.25. The first kappa shape index (κ1) is 16.6. The van der Waals surface area contributed by atoms with Crippen LogP contribution in [0.3, 0.4) is 0 Å². The lowest BCUT2D eigenvalue weighted by Crippen LogP contribution is -2.26. The molecule has 0 saturated heterocycles. The quantitative estimate of drug-likeness (QED) is 0.729. The van der Waals surface area contributed by atoms with Gasteiger partial charge in [0, 0.05) is 12.1 Å². The molecule has 2 aliphatic heterocycles. The summed E-state index contributed by atoms with van der Waals surface area (Å²) in [6.07, 6.45) is 6.48. The van der Waals surface area contributed by atoms with E-state index in [1.54, 1.807) is 0 Å². The molecule has 124 valence electrons. The molecule has 2 heterocycles. The Morgan fingerprint density at radius 3 is 2.79 bits per heavy atom. The number of carbonyl (C=O) groups excluding carboxylic acids is 1. The largest absolute Gasteiger partial charge is 0.488 e. The van der Waals surface area contributed by atoms with Gasteiger partial charge in [-0.25, -0.2) is 0 Å². The van der Waals surface area contributed by atoms with E-state index < -0.39 is 0 Å². The fourth-order valence-corrected chi connectivity index (χ4v) is 3.01. The number of hydrogen-bond acceptors (Lipinski definition) is 2. The van der Waals surface area contributed by atoms with E-state index in [2.05, 4.69) is 11.4 Å². The first-order valence-electron chi connectivity index (χ1n) is 8.16. The number of ether oxygens (including phenoxy) is 1. The number of benzene rings is 2. The molecule has 4 heteroatoms. The van der Waals surface area contributed by atoms with E-state index in [4.69, 9.17) is 16.3 Å². The standard InChI is InChI=1S/C20H20ClNO2/c21-18-14-15-9-10-19(18)24-13-5-1-2-6-16-7-3-4-8-17(16)20(23)22-12-11-15/h1,3-5,7-10,14H,2,6,11-13H2,(H,22,23)/b5-1+. The third-order valence-electron chi connectivity index (χ3n) is 4.04. The summed E-state index contributed by atoms with van der Waals surface area (Å²) in [6, 6.07) is 13.5. The molecule has 0 unspecified atom stereocenters. The van der Waals surface area contributed by atoms with Crippen LogP contribution in [0, 0.1) is 0 Å². The van der Waals surface area contributed by atoms with Crippen molar-refractivity contribution in [2.75, 3.05) is 13.2 Å². The number of rotatable bonds is 0. The van der Waals surface area contributed by atoms with E-state index in [1.165, 1.54) is 0 Å². The molecular weight excluding hydrogens is 322 g/mol. The molecular formula is C20H20ClNO2. The fraction of sp³-hybridized carbons (Fsp3) is 0.250. The van der Waals surface area contributed by atoms with Crippen molar-refractivity contribution in [2.24, 2.45) is 0 Å². The zero-order valence-corrected chi connectivity index (χ0v) is 14.2. The van der Waals surface area contributed by atoms with E-state index in [0.717, 1.165) is 36.0 Å². The van der Waals surface area contributed by atoms with Crippen LogP contribution in [0.5, 0.6) is 5.75 Å². The zero-order chi connectivity index (χ0) is 16.8. The van der Waals surface area contributed by atoms with Crippen LogP contribution in [-0.2, 0) is 12.8 Å².